The van der Waals surface area contributed by atoms with E-state index in [-0.39, 0.29) is 10.5 Å². The van der Waals surface area contributed by atoms with Crippen molar-refractivity contribution in [2.75, 3.05) is 18.2 Å². The van der Waals surface area contributed by atoms with Crippen molar-refractivity contribution >= 4 is 33.3 Å². The smallest absolute Gasteiger partial charge is 0.338 e. The number of sulfone groups is 1. The number of hydrogen-bond donors (Lipinski definition) is 2. The quantitative estimate of drug-likeness (QED) is 0.722. The zero-order valence-corrected chi connectivity index (χ0v) is 14.6. The maximum absolute atomic E-state index is 11.9. The average Bonchev–Trinajstić information content (AvgIpc) is 2.59. The van der Waals surface area contributed by atoms with E-state index in [9.17, 15) is 22.8 Å². The van der Waals surface area contributed by atoms with Gasteiger partial charge in [-0.3, -0.25) is 9.59 Å². The van der Waals surface area contributed by atoms with E-state index in [0.29, 0.717) is 11.3 Å². The molecule has 0 saturated heterocycles. The number of esters is 1. The van der Waals surface area contributed by atoms with Gasteiger partial charge in [0.25, 0.3) is 5.91 Å². The van der Waals surface area contributed by atoms with Crippen LogP contribution in [-0.2, 0) is 19.4 Å². The van der Waals surface area contributed by atoms with Gasteiger partial charge in [0.15, 0.2) is 16.4 Å². The summed E-state index contributed by atoms with van der Waals surface area (Å²) in [6, 6.07) is 11.1. The Kier molecular flexibility index (Phi) is 5.73. The summed E-state index contributed by atoms with van der Waals surface area (Å²) in [4.78, 5) is 34.7. The highest BCUT2D eigenvalue weighted by atomic mass is 32.2. The molecule has 2 aromatic rings. The first-order valence-electron chi connectivity index (χ1n) is 7.34. The van der Waals surface area contributed by atoms with Crippen LogP contribution in [0.4, 0.5) is 5.69 Å². The van der Waals surface area contributed by atoms with Crippen LogP contribution in [-0.4, -0.2) is 39.1 Å². The molecule has 0 aliphatic heterocycles. The lowest BCUT2D eigenvalue weighted by Gasteiger charge is -2.07. The van der Waals surface area contributed by atoms with Crippen molar-refractivity contribution in [1.29, 1.82) is 0 Å². The van der Waals surface area contributed by atoms with Crippen LogP contribution < -0.4 is 11.1 Å². The van der Waals surface area contributed by atoms with Gasteiger partial charge in [-0.1, -0.05) is 0 Å². The Morgan fingerprint density at radius 1 is 0.962 bits per heavy atom. The van der Waals surface area contributed by atoms with Crippen molar-refractivity contribution in [3.8, 4) is 0 Å². The number of amides is 2. The first kappa shape index (κ1) is 19.1. The van der Waals surface area contributed by atoms with Gasteiger partial charge in [-0.05, 0) is 48.5 Å². The molecule has 2 rings (SSSR count). The number of nitrogens with two attached hydrogens (primary N) is 1. The molecule has 0 saturated carbocycles. The number of nitrogens with one attached hydrogen (secondary N) is 1. The fraction of sp³-hybridized carbons (Fsp3) is 0.118. The Morgan fingerprint density at radius 3 is 2.00 bits per heavy atom. The molecule has 136 valence electrons. The molecule has 0 aromatic heterocycles. The molecule has 2 amide bonds. The molecule has 0 atom stereocenters. The van der Waals surface area contributed by atoms with E-state index in [1.807, 2.05) is 0 Å². The summed E-state index contributed by atoms with van der Waals surface area (Å²) < 4.78 is 27.6. The lowest BCUT2D eigenvalue weighted by atomic mass is 10.2. The van der Waals surface area contributed by atoms with E-state index >= 15 is 0 Å². The number of rotatable bonds is 6. The molecule has 0 aliphatic rings. The fourth-order valence-electron chi connectivity index (χ4n) is 1.97. The minimum atomic E-state index is -3.36. The molecular formula is C17H16N2O6S. The van der Waals surface area contributed by atoms with Crippen LogP contribution in [0.3, 0.4) is 0 Å². The van der Waals surface area contributed by atoms with E-state index in [4.69, 9.17) is 10.5 Å². The average molecular weight is 376 g/mol. The van der Waals surface area contributed by atoms with Crippen LogP contribution in [0.25, 0.3) is 0 Å². The molecule has 0 heterocycles. The number of benzene rings is 2. The Morgan fingerprint density at radius 2 is 1.50 bits per heavy atom. The summed E-state index contributed by atoms with van der Waals surface area (Å²) in [5.74, 6) is -1.92. The van der Waals surface area contributed by atoms with Crippen LogP contribution in [0.1, 0.15) is 20.7 Å². The third-order valence-corrected chi connectivity index (χ3v) is 4.43. The lowest BCUT2D eigenvalue weighted by Crippen LogP contribution is -2.21. The molecule has 3 N–H and O–H groups in total. The molecule has 0 radical (unpaired) electrons. The van der Waals surface area contributed by atoms with Crippen molar-refractivity contribution in [3.63, 3.8) is 0 Å². The minimum absolute atomic E-state index is 0.0752. The molecule has 0 bridgehead atoms. The molecule has 0 spiro atoms. The van der Waals surface area contributed by atoms with Crippen molar-refractivity contribution in [1.82, 2.24) is 0 Å². The lowest BCUT2D eigenvalue weighted by molar-refractivity contribution is -0.119. The number of primary amides is 1. The monoisotopic (exact) mass is 376 g/mol. The third kappa shape index (κ3) is 5.15. The van der Waals surface area contributed by atoms with E-state index in [2.05, 4.69) is 5.32 Å². The Bertz CT molecular complexity index is 934. The molecule has 2 aromatic carbocycles. The van der Waals surface area contributed by atoms with Crippen molar-refractivity contribution in [2.45, 2.75) is 4.90 Å². The number of carbonyl (C=O) groups is 3. The van der Waals surface area contributed by atoms with Crippen LogP contribution in [0.2, 0.25) is 0 Å². The highest BCUT2D eigenvalue weighted by molar-refractivity contribution is 7.90. The van der Waals surface area contributed by atoms with Gasteiger partial charge in [0.2, 0.25) is 5.91 Å². The van der Waals surface area contributed by atoms with Crippen molar-refractivity contribution in [3.05, 3.63) is 59.7 Å². The van der Waals surface area contributed by atoms with Crippen molar-refractivity contribution < 1.29 is 27.5 Å². The zero-order valence-electron chi connectivity index (χ0n) is 13.8. The van der Waals surface area contributed by atoms with Gasteiger partial charge in [0.1, 0.15) is 0 Å². The summed E-state index contributed by atoms with van der Waals surface area (Å²) >= 11 is 0. The maximum atomic E-state index is 11.9. The second-order valence-electron chi connectivity index (χ2n) is 5.36. The van der Waals surface area contributed by atoms with E-state index in [0.717, 1.165) is 6.26 Å². The number of carbonyl (C=O) groups excluding carboxylic acids is 3. The van der Waals surface area contributed by atoms with Gasteiger partial charge in [-0.15, -0.1) is 0 Å². The predicted octanol–water partition coefficient (Wildman–Crippen LogP) is 0.984. The highest BCUT2D eigenvalue weighted by Crippen LogP contribution is 2.12. The van der Waals surface area contributed by atoms with Gasteiger partial charge in [-0.25, -0.2) is 13.2 Å². The zero-order chi connectivity index (χ0) is 19.3. The number of hydrogen-bond acceptors (Lipinski definition) is 6. The van der Waals surface area contributed by atoms with Crippen molar-refractivity contribution in [2.24, 2.45) is 5.73 Å². The van der Waals surface area contributed by atoms with Gasteiger partial charge in [0, 0.05) is 17.5 Å². The molecule has 9 heteroatoms. The van der Waals surface area contributed by atoms with Gasteiger partial charge < -0.3 is 15.8 Å². The number of ether oxygens (including phenoxy) is 1. The molecular weight excluding hydrogens is 360 g/mol. The van der Waals surface area contributed by atoms with Crippen LogP contribution >= 0.6 is 0 Å². The SMILES string of the molecule is CS(=O)(=O)c1ccc(C(=O)OCC(=O)Nc2ccc(C(N)=O)cc2)cc1. The van der Waals surface area contributed by atoms with Crippen LogP contribution in [0, 0.1) is 0 Å². The summed E-state index contributed by atoms with van der Waals surface area (Å²) in [6.45, 7) is -0.524. The third-order valence-electron chi connectivity index (χ3n) is 3.31. The second kappa shape index (κ2) is 7.79. The van der Waals surface area contributed by atoms with Gasteiger partial charge >= 0.3 is 5.97 Å². The molecule has 8 nitrogen and oxygen atoms in total. The van der Waals surface area contributed by atoms with Gasteiger partial charge in [-0.2, -0.15) is 0 Å². The summed E-state index contributed by atoms with van der Waals surface area (Å²) in [6.07, 6.45) is 1.06. The molecule has 0 fully saturated rings. The molecule has 0 aliphatic carbocycles. The number of anilines is 1. The molecule has 26 heavy (non-hydrogen) atoms. The standard InChI is InChI=1S/C17H16N2O6S/c1-26(23,24)14-8-4-12(5-9-14)17(22)25-10-15(20)19-13-6-2-11(3-7-13)16(18)21/h2-9H,10H2,1H3,(H2,18,21)(H,19,20). The second-order valence-corrected chi connectivity index (χ2v) is 7.38. The fourth-order valence-corrected chi connectivity index (χ4v) is 2.60. The highest BCUT2D eigenvalue weighted by Gasteiger charge is 2.13. The first-order valence-corrected chi connectivity index (χ1v) is 9.23. The Hall–Kier alpha value is -3.20. The predicted molar refractivity (Wildman–Crippen MR) is 93.4 cm³/mol. The first-order chi connectivity index (χ1) is 12.2. The van der Waals surface area contributed by atoms with E-state index in [1.165, 1.54) is 48.5 Å². The minimum Gasteiger partial charge on any atom is -0.452 e. The maximum Gasteiger partial charge on any atom is 0.338 e. The Balaban J connectivity index is 1.90. The Labute approximate surface area is 149 Å². The van der Waals surface area contributed by atoms with Gasteiger partial charge in [0.05, 0.1) is 10.5 Å². The summed E-state index contributed by atoms with van der Waals surface area (Å²) in [5.41, 5.74) is 5.95. The summed E-state index contributed by atoms with van der Waals surface area (Å²) in [7, 11) is -3.36. The van der Waals surface area contributed by atoms with E-state index in [1.54, 1.807) is 0 Å². The topological polar surface area (TPSA) is 133 Å². The normalized spacial score (nSPS) is 10.8. The largest absolute Gasteiger partial charge is 0.452 e. The summed E-state index contributed by atoms with van der Waals surface area (Å²) in [5, 5.41) is 2.50. The van der Waals surface area contributed by atoms with Crippen LogP contribution in [0.15, 0.2) is 53.4 Å². The van der Waals surface area contributed by atoms with Crippen LogP contribution in [0.5, 0.6) is 0 Å². The molecule has 0 unspecified atom stereocenters. The van der Waals surface area contributed by atoms with E-state index < -0.39 is 34.2 Å².